The van der Waals surface area contributed by atoms with Crippen molar-refractivity contribution in [2.24, 2.45) is 5.41 Å². The van der Waals surface area contributed by atoms with Crippen LogP contribution in [-0.2, 0) is 6.54 Å². The van der Waals surface area contributed by atoms with E-state index in [1.54, 1.807) is 4.68 Å². The highest BCUT2D eigenvalue weighted by atomic mass is 32.1. The summed E-state index contributed by atoms with van der Waals surface area (Å²) in [5, 5.41) is 14.2. The first-order chi connectivity index (χ1) is 7.15. The molecule has 7 heteroatoms. The van der Waals surface area contributed by atoms with E-state index in [9.17, 15) is 10.1 Å². The van der Waals surface area contributed by atoms with Gasteiger partial charge in [-0.05, 0) is 23.5 Å². The van der Waals surface area contributed by atoms with Crippen LogP contribution in [0, 0.1) is 15.5 Å². The lowest BCUT2D eigenvalue weighted by Crippen LogP contribution is -2.36. The van der Waals surface area contributed by atoms with Gasteiger partial charge in [-0.15, -0.1) is 0 Å². The minimum Gasteiger partial charge on any atom is -0.390 e. The molecule has 0 aromatic carbocycles. The Balaban J connectivity index is 2.07. The van der Waals surface area contributed by atoms with Gasteiger partial charge in [0.25, 0.3) is 0 Å². The van der Waals surface area contributed by atoms with E-state index in [2.05, 4.69) is 22.7 Å². The molecule has 1 aliphatic rings. The van der Waals surface area contributed by atoms with Gasteiger partial charge in [-0.2, -0.15) is 17.3 Å². The third-order valence-electron chi connectivity index (χ3n) is 2.93. The maximum absolute atomic E-state index is 10.4. The number of hydrogen-bond acceptors (Lipinski definition) is 5. The molecule has 0 spiro atoms. The molecular weight excluding hydrogens is 216 g/mol. The molecule has 82 valence electrons. The first-order valence-corrected chi connectivity index (χ1v) is 5.43. The molecule has 1 fully saturated rings. The Hall–Kier alpha value is -1.11. The van der Waals surface area contributed by atoms with Crippen molar-refractivity contribution in [1.82, 2.24) is 14.8 Å². The van der Waals surface area contributed by atoms with Crippen molar-refractivity contribution in [3.8, 4) is 0 Å². The summed E-state index contributed by atoms with van der Waals surface area (Å²) >= 11 is 4.31. The fourth-order valence-electron chi connectivity index (χ4n) is 1.83. The Morgan fingerprint density at radius 1 is 1.67 bits per heavy atom. The van der Waals surface area contributed by atoms with E-state index in [1.807, 2.05) is 0 Å². The van der Waals surface area contributed by atoms with Crippen molar-refractivity contribution in [3.63, 3.8) is 0 Å². The highest BCUT2D eigenvalue weighted by Gasteiger charge is 2.37. The van der Waals surface area contributed by atoms with Crippen LogP contribution in [0.25, 0.3) is 0 Å². The molecule has 0 radical (unpaired) electrons. The molecule has 0 N–H and O–H groups in total. The summed E-state index contributed by atoms with van der Waals surface area (Å²) < 4.78 is 1.55. The summed E-state index contributed by atoms with van der Waals surface area (Å²) in [6, 6.07) is 0. The van der Waals surface area contributed by atoms with Gasteiger partial charge in [-0.25, -0.2) is 0 Å². The second kappa shape index (κ2) is 3.80. The Bertz CT molecular complexity index is 369. The molecule has 1 saturated carbocycles. The number of thiol groups is 1. The van der Waals surface area contributed by atoms with Crippen LogP contribution < -0.4 is 0 Å². The molecule has 0 atom stereocenters. The molecule has 0 saturated heterocycles. The summed E-state index contributed by atoms with van der Waals surface area (Å²) in [7, 11) is 0. The largest absolute Gasteiger partial charge is 0.490 e. The van der Waals surface area contributed by atoms with Crippen molar-refractivity contribution >= 4 is 18.6 Å². The summed E-state index contributed by atoms with van der Waals surface area (Å²) in [6.45, 7) is 0.678. The first-order valence-electron chi connectivity index (χ1n) is 4.80. The van der Waals surface area contributed by atoms with Crippen LogP contribution in [0.3, 0.4) is 0 Å². The van der Waals surface area contributed by atoms with E-state index >= 15 is 0 Å². The van der Waals surface area contributed by atoms with Crippen molar-refractivity contribution in [2.75, 3.05) is 5.75 Å². The maximum atomic E-state index is 10.4. The predicted octanol–water partition coefficient (Wildman–Crippen LogP) is 1.29. The average Bonchev–Trinajstić information content (AvgIpc) is 2.59. The minimum atomic E-state index is -0.579. The van der Waals surface area contributed by atoms with Crippen LogP contribution in [0.1, 0.15) is 19.3 Å². The molecular formula is C8H12N4O2S. The van der Waals surface area contributed by atoms with Crippen molar-refractivity contribution in [1.29, 1.82) is 0 Å². The van der Waals surface area contributed by atoms with Gasteiger partial charge in [-0.1, -0.05) is 11.4 Å². The monoisotopic (exact) mass is 228 g/mol. The highest BCUT2D eigenvalue weighted by molar-refractivity contribution is 7.80. The zero-order valence-electron chi connectivity index (χ0n) is 8.17. The van der Waals surface area contributed by atoms with Crippen molar-refractivity contribution < 1.29 is 4.92 Å². The molecule has 15 heavy (non-hydrogen) atoms. The van der Waals surface area contributed by atoms with Crippen molar-refractivity contribution in [3.05, 3.63) is 16.4 Å². The Morgan fingerprint density at radius 3 is 2.80 bits per heavy atom. The Labute approximate surface area is 92.3 Å². The summed E-state index contributed by atoms with van der Waals surface area (Å²) in [4.78, 5) is 13.4. The SMILES string of the molecule is O=[N+]([O-])c1ncn(CC2(CS)CCC2)n1. The second-order valence-electron chi connectivity index (χ2n) is 4.01. The lowest BCUT2D eigenvalue weighted by Gasteiger charge is -2.39. The number of nitro groups is 1. The first kappa shape index (κ1) is 10.4. The molecule has 1 heterocycles. The Kier molecular flexibility index (Phi) is 2.64. The molecule has 0 aliphatic heterocycles. The van der Waals surface area contributed by atoms with E-state index in [-0.39, 0.29) is 11.4 Å². The molecule has 6 nitrogen and oxygen atoms in total. The van der Waals surface area contributed by atoms with E-state index in [4.69, 9.17) is 0 Å². The van der Waals surface area contributed by atoms with Gasteiger partial charge in [0.1, 0.15) is 0 Å². The van der Waals surface area contributed by atoms with Gasteiger partial charge in [0.15, 0.2) is 0 Å². The van der Waals surface area contributed by atoms with E-state index < -0.39 is 4.92 Å². The maximum Gasteiger partial charge on any atom is 0.490 e. The molecule has 0 bridgehead atoms. The van der Waals surface area contributed by atoms with Crippen LogP contribution in [0.5, 0.6) is 0 Å². The third-order valence-corrected chi connectivity index (χ3v) is 3.61. The third kappa shape index (κ3) is 1.97. The topological polar surface area (TPSA) is 73.8 Å². The van der Waals surface area contributed by atoms with E-state index in [0.717, 1.165) is 18.6 Å². The summed E-state index contributed by atoms with van der Waals surface area (Å²) in [5.41, 5.74) is 0.171. The standard InChI is InChI=1S/C8H12N4O2S/c13-12(14)7-9-6-11(10-7)4-8(5-15)2-1-3-8/h6,15H,1-5H2. The normalized spacial score (nSPS) is 18.5. The molecule has 1 aromatic rings. The van der Waals surface area contributed by atoms with Gasteiger partial charge >= 0.3 is 5.95 Å². The van der Waals surface area contributed by atoms with E-state index in [0.29, 0.717) is 6.54 Å². The number of aromatic nitrogens is 3. The Morgan fingerprint density at radius 2 is 2.40 bits per heavy atom. The zero-order valence-corrected chi connectivity index (χ0v) is 9.06. The van der Waals surface area contributed by atoms with Gasteiger partial charge in [0.05, 0.1) is 6.54 Å². The summed E-state index contributed by atoms with van der Waals surface area (Å²) in [6.07, 6.45) is 4.85. The van der Waals surface area contributed by atoms with Crippen LogP contribution in [-0.4, -0.2) is 25.4 Å². The van der Waals surface area contributed by atoms with Crippen LogP contribution in [0.4, 0.5) is 5.95 Å². The molecule has 2 rings (SSSR count). The fraction of sp³-hybridized carbons (Fsp3) is 0.750. The van der Waals surface area contributed by atoms with Crippen molar-refractivity contribution in [2.45, 2.75) is 25.8 Å². The van der Waals surface area contributed by atoms with Gasteiger partial charge in [0.2, 0.25) is 6.33 Å². The zero-order chi connectivity index (χ0) is 10.9. The van der Waals surface area contributed by atoms with Crippen LogP contribution in [0.15, 0.2) is 6.33 Å². The molecule has 0 amide bonds. The molecule has 0 unspecified atom stereocenters. The minimum absolute atomic E-state index is 0.171. The summed E-state index contributed by atoms with van der Waals surface area (Å²) in [5.74, 6) is 0.462. The average molecular weight is 228 g/mol. The van der Waals surface area contributed by atoms with Gasteiger partial charge in [-0.3, -0.25) is 0 Å². The second-order valence-corrected chi connectivity index (χ2v) is 4.33. The number of nitrogens with zero attached hydrogens (tertiary/aromatic N) is 4. The van der Waals surface area contributed by atoms with Gasteiger partial charge < -0.3 is 10.1 Å². The van der Waals surface area contributed by atoms with E-state index in [1.165, 1.54) is 12.7 Å². The van der Waals surface area contributed by atoms with Crippen LogP contribution in [0.2, 0.25) is 0 Å². The number of rotatable bonds is 4. The predicted molar refractivity (Wildman–Crippen MR) is 56.8 cm³/mol. The molecule has 1 aromatic heterocycles. The van der Waals surface area contributed by atoms with Crippen LogP contribution >= 0.6 is 12.6 Å². The molecule has 1 aliphatic carbocycles. The fourth-order valence-corrected chi connectivity index (χ4v) is 2.25. The van der Waals surface area contributed by atoms with Gasteiger partial charge in [0, 0.05) is 10.5 Å². The smallest absolute Gasteiger partial charge is 0.390 e. The quantitative estimate of drug-likeness (QED) is 0.478. The number of hydrogen-bond donors (Lipinski definition) is 1. The lowest BCUT2D eigenvalue weighted by molar-refractivity contribution is -0.394. The lowest BCUT2D eigenvalue weighted by atomic mass is 9.70. The highest BCUT2D eigenvalue weighted by Crippen LogP contribution is 2.43.